The predicted octanol–water partition coefficient (Wildman–Crippen LogP) is 4.09. The third kappa shape index (κ3) is 3.50. The Morgan fingerprint density at radius 1 is 1.60 bits per heavy atom. The van der Waals surface area contributed by atoms with Crippen molar-refractivity contribution in [3.63, 3.8) is 0 Å². The van der Waals surface area contributed by atoms with Gasteiger partial charge in [0.25, 0.3) is 0 Å². The van der Waals surface area contributed by atoms with Gasteiger partial charge in [0.15, 0.2) is 0 Å². The third-order valence-electron chi connectivity index (χ3n) is 2.25. The molecule has 0 radical (unpaired) electrons. The molecular weight excluding hydrogens is 277 g/mol. The van der Waals surface area contributed by atoms with E-state index >= 15 is 0 Å². The topological polar surface area (TPSA) is 29.1 Å². The molecule has 15 heavy (non-hydrogen) atoms. The van der Waals surface area contributed by atoms with Crippen LogP contribution in [0.1, 0.15) is 20.3 Å². The highest BCUT2D eigenvalue weighted by molar-refractivity contribution is 9.10. The van der Waals surface area contributed by atoms with Gasteiger partial charge in [0.05, 0.1) is 5.02 Å². The van der Waals surface area contributed by atoms with Crippen molar-refractivity contribution in [2.45, 2.75) is 20.3 Å². The Morgan fingerprint density at radius 3 is 2.80 bits per heavy atom. The number of carbonyl (C=O) groups excluding carboxylic acids is 1. The Hall–Kier alpha value is -0.540. The van der Waals surface area contributed by atoms with Gasteiger partial charge >= 0.3 is 0 Å². The molecule has 0 spiro atoms. The zero-order valence-electron chi connectivity index (χ0n) is 8.68. The second-order valence-corrected chi connectivity index (χ2v) is 4.69. The van der Waals surface area contributed by atoms with Crippen molar-refractivity contribution in [3.05, 3.63) is 27.7 Å². The minimum absolute atomic E-state index is 0.0273. The smallest absolute Gasteiger partial charge is 0.227 e. The molecule has 0 aliphatic carbocycles. The van der Waals surface area contributed by atoms with Crippen molar-refractivity contribution in [1.82, 2.24) is 0 Å². The highest BCUT2D eigenvalue weighted by Gasteiger charge is 2.10. The van der Waals surface area contributed by atoms with Crippen LogP contribution < -0.4 is 5.32 Å². The zero-order chi connectivity index (χ0) is 11.4. The first-order valence-electron chi connectivity index (χ1n) is 4.80. The van der Waals surface area contributed by atoms with E-state index < -0.39 is 0 Å². The average molecular weight is 291 g/mol. The normalized spacial score (nSPS) is 12.3. The number of amides is 1. The van der Waals surface area contributed by atoms with Gasteiger partial charge in [0, 0.05) is 16.1 Å². The average Bonchev–Trinajstić information content (AvgIpc) is 2.22. The lowest BCUT2D eigenvalue weighted by atomic mass is 10.1. The van der Waals surface area contributed by atoms with Crippen LogP contribution in [0.3, 0.4) is 0 Å². The maximum atomic E-state index is 11.6. The summed E-state index contributed by atoms with van der Waals surface area (Å²) in [7, 11) is 0. The molecule has 2 nitrogen and oxygen atoms in total. The minimum Gasteiger partial charge on any atom is -0.326 e. The summed E-state index contributed by atoms with van der Waals surface area (Å²) in [4.78, 5) is 11.6. The van der Waals surface area contributed by atoms with Gasteiger partial charge in [-0.25, -0.2) is 0 Å². The summed E-state index contributed by atoms with van der Waals surface area (Å²) >= 11 is 9.15. The van der Waals surface area contributed by atoms with Crippen molar-refractivity contribution < 1.29 is 4.79 Å². The molecule has 82 valence electrons. The molecule has 0 bridgehead atoms. The summed E-state index contributed by atoms with van der Waals surface area (Å²) in [5.74, 6) is 0.0613. The van der Waals surface area contributed by atoms with E-state index in [-0.39, 0.29) is 11.8 Å². The number of rotatable bonds is 3. The molecule has 0 aromatic heterocycles. The van der Waals surface area contributed by atoms with E-state index in [2.05, 4.69) is 21.2 Å². The molecule has 1 amide bonds. The third-order valence-corrected chi connectivity index (χ3v) is 3.46. The van der Waals surface area contributed by atoms with Crippen LogP contribution in [0.2, 0.25) is 5.02 Å². The summed E-state index contributed by atoms with van der Waals surface area (Å²) in [5.41, 5.74) is 0.761. The standard InChI is InChI=1S/C11H13BrClNO/c1-3-7(2)11(15)14-8-4-5-10(13)9(12)6-8/h4-7H,3H2,1-2H3,(H,14,15). The van der Waals surface area contributed by atoms with E-state index in [9.17, 15) is 4.79 Å². The Balaban J connectivity index is 2.73. The van der Waals surface area contributed by atoms with Crippen molar-refractivity contribution in [1.29, 1.82) is 0 Å². The number of hydrogen-bond acceptors (Lipinski definition) is 1. The van der Waals surface area contributed by atoms with Crippen LogP contribution >= 0.6 is 27.5 Å². The molecule has 0 heterocycles. The van der Waals surface area contributed by atoms with Crippen LogP contribution in [-0.2, 0) is 4.79 Å². The van der Waals surface area contributed by atoms with Crippen LogP contribution in [0.25, 0.3) is 0 Å². The van der Waals surface area contributed by atoms with Crippen molar-refractivity contribution in [2.24, 2.45) is 5.92 Å². The van der Waals surface area contributed by atoms with Crippen LogP contribution in [0.5, 0.6) is 0 Å². The number of carbonyl (C=O) groups is 1. The maximum absolute atomic E-state index is 11.6. The van der Waals surface area contributed by atoms with Gasteiger partial charge in [0.2, 0.25) is 5.91 Å². The van der Waals surface area contributed by atoms with Gasteiger partial charge in [-0.15, -0.1) is 0 Å². The zero-order valence-corrected chi connectivity index (χ0v) is 11.0. The van der Waals surface area contributed by atoms with E-state index in [1.165, 1.54) is 0 Å². The number of nitrogens with one attached hydrogen (secondary N) is 1. The molecular formula is C11H13BrClNO. The van der Waals surface area contributed by atoms with Gasteiger partial charge in [-0.3, -0.25) is 4.79 Å². The van der Waals surface area contributed by atoms with Crippen molar-refractivity contribution in [3.8, 4) is 0 Å². The highest BCUT2D eigenvalue weighted by Crippen LogP contribution is 2.25. The van der Waals surface area contributed by atoms with Gasteiger partial charge in [-0.1, -0.05) is 25.4 Å². The fourth-order valence-corrected chi connectivity index (χ4v) is 1.52. The maximum Gasteiger partial charge on any atom is 0.227 e. The minimum atomic E-state index is 0.0273. The molecule has 1 aromatic rings. The molecule has 1 N–H and O–H groups in total. The van der Waals surface area contributed by atoms with E-state index in [1.54, 1.807) is 18.2 Å². The SMILES string of the molecule is CCC(C)C(=O)Nc1ccc(Cl)c(Br)c1. The first kappa shape index (κ1) is 12.5. The fraction of sp³-hybridized carbons (Fsp3) is 0.364. The Labute approximate surface area is 103 Å². The monoisotopic (exact) mass is 289 g/mol. The fourth-order valence-electron chi connectivity index (χ4n) is 1.02. The second-order valence-electron chi connectivity index (χ2n) is 3.43. The summed E-state index contributed by atoms with van der Waals surface area (Å²) in [6.07, 6.45) is 0.834. The molecule has 1 unspecified atom stereocenters. The Bertz CT molecular complexity index is 368. The number of benzene rings is 1. The predicted molar refractivity (Wildman–Crippen MR) is 67.2 cm³/mol. The first-order valence-corrected chi connectivity index (χ1v) is 5.97. The summed E-state index contributed by atoms with van der Waals surface area (Å²) < 4.78 is 0.783. The molecule has 0 fully saturated rings. The first-order chi connectivity index (χ1) is 7.04. The number of hydrogen-bond donors (Lipinski definition) is 1. The lowest BCUT2D eigenvalue weighted by Crippen LogP contribution is -2.19. The Kier molecular flexibility index (Phi) is 4.61. The summed E-state index contributed by atoms with van der Waals surface area (Å²) in [6, 6.07) is 5.33. The quantitative estimate of drug-likeness (QED) is 0.892. The lowest BCUT2D eigenvalue weighted by Gasteiger charge is -2.10. The van der Waals surface area contributed by atoms with Gasteiger partial charge in [-0.2, -0.15) is 0 Å². The summed E-state index contributed by atoms with van der Waals surface area (Å²) in [6.45, 7) is 3.89. The number of halogens is 2. The molecule has 0 saturated heterocycles. The lowest BCUT2D eigenvalue weighted by molar-refractivity contribution is -0.119. The van der Waals surface area contributed by atoms with Crippen LogP contribution in [0.4, 0.5) is 5.69 Å². The van der Waals surface area contributed by atoms with Gasteiger partial charge < -0.3 is 5.32 Å². The largest absolute Gasteiger partial charge is 0.326 e. The van der Waals surface area contributed by atoms with Crippen LogP contribution in [-0.4, -0.2) is 5.91 Å². The molecule has 4 heteroatoms. The van der Waals surface area contributed by atoms with Crippen molar-refractivity contribution >= 4 is 39.1 Å². The molecule has 0 saturated carbocycles. The summed E-state index contributed by atoms with van der Waals surface area (Å²) in [5, 5.41) is 3.47. The van der Waals surface area contributed by atoms with Crippen LogP contribution in [0, 0.1) is 5.92 Å². The van der Waals surface area contributed by atoms with E-state index in [0.29, 0.717) is 5.02 Å². The Morgan fingerprint density at radius 2 is 2.27 bits per heavy atom. The molecule has 1 aromatic carbocycles. The van der Waals surface area contributed by atoms with Crippen LogP contribution in [0.15, 0.2) is 22.7 Å². The molecule has 0 aliphatic heterocycles. The number of anilines is 1. The second kappa shape index (κ2) is 5.52. The highest BCUT2D eigenvalue weighted by atomic mass is 79.9. The van der Waals surface area contributed by atoms with Gasteiger partial charge in [-0.05, 0) is 40.5 Å². The molecule has 1 atom stereocenters. The van der Waals surface area contributed by atoms with E-state index in [0.717, 1.165) is 16.6 Å². The van der Waals surface area contributed by atoms with E-state index in [4.69, 9.17) is 11.6 Å². The molecule has 0 aliphatic rings. The molecule has 1 rings (SSSR count). The van der Waals surface area contributed by atoms with Gasteiger partial charge in [0.1, 0.15) is 0 Å². The van der Waals surface area contributed by atoms with Crippen molar-refractivity contribution in [2.75, 3.05) is 5.32 Å². The van der Waals surface area contributed by atoms with E-state index in [1.807, 2.05) is 13.8 Å².